The molecule has 0 unspecified atom stereocenters. The fourth-order valence-corrected chi connectivity index (χ4v) is 2.94. The van der Waals surface area contributed by atoms with Crippen LogP contribution in [0.4, 0.5) is 13.2 Å². The lowest BCUT2D eigenvalue weighted by molar-refractivity contribution is -0.137. The summed E-state index contributed by atoms with van der Waals surface area (Å²) in [5, 5.41) is 27.4. The molecule has 32 heavy (non-hydrogen) atoms. The van der Waals surface area contributed by atoms with E-state index in [9.17, 15) is 27.9 Å². The summed E-state index contributed by atoms with van der Waals surface area (Å²) in [5.74, 6) is -2.16. The Morgan fingerprint density at radius 3 is 2.31 bits per heavy atom. The van der Waals surface area contributed by atoms with Crippen molar-refractivity contribution in [2.24, 2.45) is 12.1 Å². The summed E-state index contributed by atoms with van der Waals surface area (Å²) < 4.78 is 40.3. The third kappa shape index (κ3) is 4.61. The highest BCUT2D eigenvalue weighted by atomic mass is 19.4. The Bertz CT molecular complexity index is 1210. The number of rotatable bonds is 5. The van der Waals surface area contributed by atoms with Gasteiger partial charge in [0.1, 0.15) is 5.69 Å². The molecule has 0 aliphatic heterocycles. The Kier molecular flexibility index (Phi) is 6.01. The topological polar surface area (TPSA) is 117 Å². The second kappa shape index (κ2) is 8.53. The first kappa shape index (κ1) is 22.5. The molecule has 0 aliphatic rings. The summed E-state index contributed by atoms with van der Waals surface area (Å²) in [6.07, 6.45) is -4.54. The maximum absolute atomic E-state index is 13.0. The van der Waals surface area contributed by atoms with Crippen LogP contribution in [0.2, 0.25) is 0 Å². The third-order valence-electron chi connectivity index (χ3n) is 4.55. The molecule has 0 saturated heterocycles. The number of hydrogen-bond donors (Lipinski definition) is 3. The molecule has 0 atom stereocenters. The summed E-state index contributed by atoms with van der Waals surface area (Å²) in [6, 6.07) is 9.60. The van der Waals surface area contributed by atoms with Crippen molar-refractivity contribution in [2.45, 2.75) is 13.1 Å². The molecule has 0 spiro atoms. The van der Waals surface area contributed by atoms with Gasteiger partial charge in [0.15, 0.2) is 11.4 Å². The van der Waals surface area contributed by atoms with Gasteiger partial charge in [-0.05, 0) is 43.3 Å². The monoisotopic (exact) mass is 446 g/mol. The molecule has 8 nitrogen and oxygen atoms in total. The van der Waals surface area contributed by atoms with E-state index >= 15 is 0 Å². The van der Waals surface area contributed by atoms with Crippen LogP contribution in [-0.4, -0.2) is 37.6 Å². The van der Waals surface area contributed by atoms with Crippen molar-refractivity contribution in [1.29, 1.82) is 0 Å². The minimum atomic E-state index is -4.54. The average Bonchev–Trinajstić information content (AvgIpc) is 3.05. The van der Waals surface area contributed by atoms with E-state index < -0.39 is 29.4 Å². The second-order valence-electron chi connectivity index (χ2n) is 6.77. The zero-order chi connectivity index (χ0) is 23.6. The van der Waals surface area contributed by atoms with E-state index in [1.165, 1.54) is 55.1 Å². The maximum Gasteiger partial charge on any atom is 0.416 e. The summed E-state index contributed by atoms with van der Waals surface area (Å²) in [4.78, 5) is 23.1. The number of nitrogens with zero attached hydrogens (tertiary/aromatic N) is 3. The number of aryl methyl sites for hydroxylation is 1. The lowest BCUT2D eigenvalue weighted by Crippen LogP contribution is -2.19. The normalized spacial score (nSPS) is 12.0. The first-order valence-corrected chi connectivity index (χ1v) is 9.11. The number of benzene rings is 2. The fraction of sp³-hybridized carbons (Fsp3) is 0.143. The SMILES string of the molecule is C/C(=N\NC(=O)c1ccc(C(=O)O)cc1)c1nn(C)c(-c2cccc(C(F)(F)F)c2)c1O. The van der Waals surface area contributed by atoms with E-state index in [0.29, 0.717) is 0 Å². The average molecular weight is 446 g/mol. The molecule has 3 rings (SSSR count). The van der Waals surface area contributed by atoms with Crippen molar-refractivity contribution in [2.75, 3.05) is 0 Å². The highest BCUT2D eigenvalue weighted by Crippen LogP contribution is 2.36. The summed E-state index contributed by atoms with van der Waals surface area (Å²) >= 11 is 0. The quantitative estimate of drug-likeness (QED) is 0.409. The molecular weight excluding hydrogens is 429 g/mol. The van der Waals surface area contributed by atoms with E-state index in [4.69, 9.17) is 5.11 Å². The van der Waals surface area contributed by atoms with Gasteiger partial charge in [0, 0.05) is 18.2 Å². The number of halogens is 3. The molecule has 11 heteroatoms. The predicted molar refractivity (Wildman–Crippen MR) is 108 cm³/mol. The molecule has 0 radical (unpaired) electrons. The van der Waals surface area contributed by atoms with Gasteiger partial charge in [-0.25, -0.2) is 10.2 Å². The third-order valence-corrected chi connectivity index (χ3v) is 4.55. The number of hydrazone groups is 1. The molecule has 1 heterocycles. The van der Waals surface area contributed by atoms with E-state index in [0.717, 1.165) is 12.1 Å². The summed E-state index contributed by atoms with van der Waals surface area (Å²) in [7, 11) is 1.45. The summed E-state index contributed by atoms with van der Waals surface area (Å²) in [5.41, 5.74) is 1.80. The van der Waals surface area contributed by atoms with Gasteiger partial charge in [0.05, 0.1) is 16.8 Å². The van der Waals surface area contributed by atoms with Crippen LogP contribution in [0.25, 0.3) is 11.3 Å². The molecule has 166 valence electrons. The van der Waals surface area contributed by atoms with Crippen LogP contribution in [0, 0.1) is 0 Å². The van der Waals surface area contributed by atoms with Gasteiger partial charge in [-0.15, -0.1) is 0 Å². The molecular formula is C21H17F3N4O4. The molecule has 1 aromatic heterocycles. The zero-order valence-corrected chi connectivity index (χ0v) is 16.8. The smallest absolute Gasteiger partial charge is 0.416 e. The Morgan fingerprint density at radius 1 is 1.09 bits per heavy atom. The van der Waals surface area contributed by atoms with Crippen molar-refractivity contribution in [3.8, 4) is 17.0 Å². The first-order chi connectivity index (χ1) is 15.0. The molecule has 1 amide bonds. The minimum absolute atomic E-state index is 0.0155. The van der Waals surface area contributed by atoms with Crippen LogP contribution in [0.3, 0.4) is 0 Å². The molecule has 0 fully saturated rings. The molecule has 3 N–H and O–H groups in total. The van der Waals surface area contributed by atoms with Gasteiger partial charge < -0.3 is 10.2 Å². The van der Waals surface area contributed by atoms with E-state index in [2.05, 4.69) is 15.6 Å². The first-order valence-electron chi connectivity index (χ1n) is 9.11. The van der Waals surface area contributed by atoms with Crippen LogP contribution in [0.1, 0.15) is 38.9 Å². The summed E-state index contributed by atoms with van der Waals surface area (Å²) in [6.45, 7) is 1.45. The van der Waals surface area contributed by atoms with Gasteiger partial charge in [0.2, 0.25) is 0 Å². The van der Waals surface area contributed by atoms with Crippen LogP contribution in [0.5, 0.6) is 5.75 Å². The van der Waals surface area contributed by atoms with Crippen molar-refractivity contribution in [3.63, 3.8) is 0 Å². The van der Waals surface area contributed by atoms with E-state index in [1.807, 2.05) is 0 Å². The van der Waals surface area contributed by atoms with Crippen LogP contribution < -0.4 is 5.43 Å². The number of nitrogens with one attached hydrogen (secondary N) is 1. The van der Waals surface area contributed by atoms with Crippen molar-refractivity contribution < 1.29 is 33.0 Å². The number of amides is 1. The molecule has 0 bridgehead atoms. The van der Waals surface area contributed by atoms with Gasteiger partial charge in [-0.2, -0.15) is 23.4 Å². The number of hydrogen-bond acceptors (Lipinski definition) is 5. The molecule has 3 aromatic rings. The Morgan fingerprint density at radius 2 is 1.72 bits per heavy atom. The van der Waals surface area contributed by atoms with Gasteiger partial charge >= 0.3 is 12.1 Å². The number of aromatic nitrogens is 2. The lowest BCUT2D eigenvalue weighted by atomic mass is 10.1. The maximum atomic E-state index is 13.0. The predicted octanol–water partition coefficient (Wildman–Crippen LogP) is 3.66. The standard InChI is InChI=1S/C21H17F3N4O4/c1-11(25-26-19(30)12-6-8-13(9-7-12)20(31)32)16-18(29)17(28(2)27-16)14-4-3-5-15(10-14)21(22,23)24/h3-10,29H,1-2H3,(H,26,30)(H,31,32)/b25-11+. The Balaban J connectivity index is 1.85. The number of carbonyl (C=O) groups excluding carboxylic acids is 1. The van der Waals surface area contributed by atoms with Gasteiger partial charge in [0.25, 0.3) is 5.91 Å². The lowest BCUT2D eigenvalue weighted by Gasteiger charge is -2.09. The number of carbonyl (C=O) groups is 2. The van der Waals surface area contributed by atoms with Crippen LogP contribution in [-0.2, 0) is 13.2 Å². The number of alkyl halides is 3. The highest BCUT2D eigenvalue weighted by molar-refractivity contribution is 6.02. The van der Waals surface area contributed by atoms with Crippen LogP contribution in [0.15, 0.2) is 53.6 Å². The van der Waals surface area contributed by atoms with Gasteiger partial charge in [-0.1, -0.05) is 12.1 Å². The number of carboxylic acid groups (broad SMARTS) is 1. The fourth-order valence-electron chi connectivity index (χ4n) is 2.94. The van der Waals surface area contributed by atoms with Crippen LogP contribution >= 0.6 is 0 Å². The molecule has 0 saturated carbocycles. The van der Waals surface area contributed by atoms with E-state index in [1.54, 1.807) is 0 Å². The van der Waals surface area contributed by atoms with Crippen molar-refractivity contribution >= 4 is 17.6 Å². The molecule has 0 aliphatic carbocycles. The van der Waals surface area contributed by atoms with E-state index in [-0.39, 0.29) is 33.8 Å². The number of carboxylic acids is 1. The Labute approximate surface area is 179 Å². The minimum Gasteiger partial charge on any atom is -0.504 e. The highest BCUT2D eigenvalue weighted by Gasteiger charge is 2.31. The second-order valence-corrected chi connectivity index (χ2v) is 6.77. The largest absolute Gasteiger partial charge is 0.504 e. The van der Waals surface area contributed by atoms with Gasteiger partial charge in [-0.3, -0.25) is 9.48 Å². The molecule has 2 aromatic carbocycles. The number of aromatic carboxylic acids is 1. The number of aromatic hydroxyl groups is 1. The van der Waals surface area contributed by atoms with Crippen molar-refractivity contribution in [3.05, 3.63) is 70.9 Å². The van der Waals surface area contributed by atoms with Crippen molar-refractivity contribution in [1.82, 2.24) is 15.2 Å². The zero-order valence-electron chi connectivity index (χ0n) is 16.8. The Hall–Kier alpha value is -4.15.